The van der Waals surface area contributed by atoms with Crippen molar-refractivity contribution in [3.8, 4) is 5.75 Å². The molecule has 1 aliphatic heterocycles. The molecule has 0 radical (unpaired) electrons. The highest BCUT2D eigenvalue weighted by Gasteiger charge is 2.56. The minimum absolute atomic E-state index is 0.269. The number of carboxylic acids is 1. The van der Waals surface area contributed by atoms with Gasteiger partial charge in [-0.15, -0.1) is 0 Å². The first-order chi connectivity index (χ1) is 16.0. The molecular formula is C21H24O13. The Labute approximate surface area is 193 Å². The van der Waals surface area contributed by atoms with E-state index in [1.807, 2.05) is 0 Å². The van der Waals surface area contributed by atoms with Crippen LogP contribution in [0.5, 0.6) is 5.75 Å². The average molecular weight is 484 g/mol. The van der Waals surface area contributed by atoms with Crippen molar-refractivity contribution in [3.63, 3.8) is 0 Å². The highest BCUT2D eigenvalue weighted by atomic mass is 16.7. The van der Waals surface area contributed by atoms with E-state index in [1.165, 1.54) is 12.1 Å². The molecule has 1 heterocycles. The Morgan fingerprint density at radius 1 is 0.912 bits per heavy atom. The lowest BCUT2D eigenvalue weighted by atomic mass is 9.97. The first-order valence-electron chi connectivity index (χ1n) is 9.87. The second kappa shape index (κ2) is 11.4. The molecule has 186 valence electrons. The lowest BCUT2D eigenvalue weighted by Crippen LogP contribution is -2.64. The number of hydrogen-bond acceptors (Lipinski definition) is 12. The van der Waals surface area contributed by atoms with Crippen molar-refractivity contribution >= 4 is 29.8 Å². The predicted molar refractivity (Wildman–Crippen MR) is 107 cm³/mol. The van der Waals surface area contributed by atoms with Gasteiger partial charge in [0.2, 0.25) is 12.4 Å². The molecule has 5 atom stereocenters. The molecule has 0 aromatic heterocycles. The Morgan fingerprint density at radius 2 is 1.47 bits per heavy atom. The molecule has 1 fully saturated rings. The van der Waals surface area contributed by atoms with Crippen LogP contribution in [0, 0.1) is 0 Å². The highest BCUT2D eigenvalue weighted by Crippen LogP contribution is 2.32. The Hall–Kier alpha value is -3.71. The standard InChI is InChI=1S/C21H24O13/c1-9(23)30-15-16(31-10(2)24)18(32-11(3)25)21(34-17(15)20(28)29-4)33-14-6-5-12(8-22)7-13(14)19(26)27/h5-7,15-18,21-22H,8H2,1-4H3,(H,26,27). The van der Waals surface area contributed by atoms with Crippen LogP contribution in [0.1, 0.15) is 36.7 Å². The van der Waals surface area contributed by atoms with Crippen molar-refractivity contribution in [1.82, 2.24) is 0 Å². The van der Waals surface area contributed by atoms with Crippen molar-refractivity contribution in [2.75, 3.05) is 7.11 Å². The maximum Gasteiger partial charge on any atom is 0.339 e. The molecule has 0 spiro atoms. The second-order valence-corrected chi connectivity index (χ2v) is 7.08. The van der Waals surface area contributed by atoms with Crippen LogP contribution in [-0.2, 0) is 49.5 Å². The maximum atomic E-state index is 12.4. The fourth-order valence-corrected chi connectivity index (χ4v) is 3.25. The van der Waals surface area contributed by atoms with Crippen molar-refractivity contribution in [3.05, 3.63) is 29.3 Å². The number of carbonyl (C=O) groups is 5. The van der Waals surface area contributed by atoms with E-state index in [1.54, 1.807) is 0 Å². The minimum atomic E-state index is -1.71. The van der Waals surface area contributed by atoms with E-state index in [2.05, 4.69) is 4.74 Å². The number of methoxy groups -OCH3 is 1. The van der Waals surface area contributed by atoms with Gasteiger partial charge in [0.05, 0.1) is 13.7 Å². The van der Waals surface area contributed by atoms with Crippen LogP contribution < -0.4 is 4.74 Å². The number of ether oxygens (including phenoxy) is 6. The molecule has 1 saturated heterocycles. The average Bonchev–Trinajstić information content (AvgIpc) is 2.76. The molecule has 2 rings (SSSR count). The molecule has 13 heteroatoms. The van der Waals surface area contributed by atoms with Crippen LogP contribution >= 0.6 is 0 Å². The van der Waals surface area contributed by atoms with Gasteiger partial charge in [0, 0.05) is 20.8 Å². The summed E-state index contributed by atoms with van der Waals surface area (Å²) in [6.07, 6.45) is -8.17. The Bertz CT molecular complexity index is 956. The predicted octanol–water partition coefficient (Wildman–Crippen LogP) is -0.0511. The fourth-order valence-electron chi connectivity index (χ4n) is 3.25. The highest BCUT2D eigenvalue weighted by molar-refractivity contribution is 5.91. The summed E-state index contributed by atoms with van der Waals surface area (Å²) in [6.45, 7) is 2.65. The number of aliphatic hydroxyl groups excluding tert-OH is 1. The number of rotatable bonds is 8. The van der Waals surface area contributed by atoms with Crippen LogP contribution in [0.4, 0.5) is 0 Å². The molecule has 0 saturated carbocycles. The number of aliphatic hydroxyl groups is 1. The summed E-state index contributed by atoms with van der Waals surface area (Å²) in [6, 6.07) is 3.73. The zero-order valence-corrected chi connectivity index (χ0v) is 18.7. The zero-order valence-electron chi connectivity index (χ0n) is 18.7. The topological polar surface area (TPSA) is 181 Å². The molecule has 0 aliphatic carbocycles. The van der Waals surface area contributed by atoms with Crippen molar-refractivity contribution in [2.24, 2.45) is 0 Å². The molecule has 1 aliphatic rings. The molecule has 1 aromatic rings. The molecule has 0 bridgehead atoms. The zero-order chi connectivity index (χ0) is 25.6. The first kappa shape index (κ1) is 26.5. The quantitative estimate of drug-likeness (QED) is 0.370. The molecule has 13 nitrogen and oxygen atoms in total. The summed E-state index contributed by atoms with van der Waals surface area (Å²) in [5.74, 6) is -5.33. The van der Waals surface area contributed by atoms with E-state index < -0.39 is 67.2 Å². The normalized spacial score (nSPS) is 23.9. The smallest absolute Gasteiger partial charge is 0.339 e. The SMILES string of the molecule is COC(=O)C1OC(Oc2ccc(CO)cc2C(=O)O)C(OC(C)=O)C(OC(C)=O)C1OC(C)=O. The van der Waals surface area contributed by atoms with Crippen LogP contribution in [-0.4, -0.2) is 77.9 Å². The largest absolute Gasteiger partial charge is 0.478 e. The van der Waals surface area contributed by atoms with Crippen LogP contribution in [0.3, 0.4) is 0 Å². The van der Waals surface area contributed by atoms with E-state index >= 15 is 0 Å². The van der Waals surface area contributed by atoms with Gasteiger partial charge < -0.3 is 38.6 Å². The van der Waals surface area contributed by atoms with Gasteiger partial charge in [0.15, 0.2) is 18.3 Å². The monoisotopic (exact) mass is 484 g/mol. The van der Waals surface area contributed by atoms with E-state index in [4.69, 9.17) is 23.7 Å². The molecule has 1 aromatic carbocycles. The summed E-state index contributed by atoms with van der Waals surface area (Å²) >= 11 is 0. The number of hydrogen-bond donors (Lipinski definition) is 2. The summed E-state index contributed by atoms with van der Waals surface area (Å²) in [5.41, 5.74) is -0.108. The van der Waals surface area contributed by atoms with Gasteiger partial charge in [-0.2, -0.15) is 0 Å². The third-order valence-corrected chi connectivity index (χ3v) is 4.53. The third kappa shape index (κ3) is 6.42. The van der Waals surface area contributed by atoms with Gasteiger partial charge in [-0.05, 0) is 17.7 Å². The van der Waals surface area contributed by atoms with Crippen LogP contribution in [0.15, 0.2) is 18.2 Å². The molecule has 5 unspecified atom stereocenters. The lowest BCUT2D eigenvalue weighted by molar-refractivity contribution is -0.282. The number of benzene rings is 1. The van der Waals surface area contributed by atoms with Gasteiger partial charge >= 0.3 is 29.8 Å². The van der Waals surface area contributed by atoms with Gasteiger partial charge in [-0.3, -0.25) is 14.4 Å². The number of carboxylic acid groups (broad SMARTS) is 1. The summed E-state index contributed by atoms with van der Waals surface area (Å²) < 4.78 is 31.5. The minimum Gasteiger partial charge on any atom is -0.478 e. The van der Waals surface area contributed by atoms with Crippen LogP contribution in [0.2, 0.25) is 0 Å². The van der Waals surface area contributed by atoms with Gasteiger partial charge in [0.25, 0.3) is 0 Å². The van der Waals surface area contributed by atoms with Gasteiger partial charge in [-0.1, -0.05) is 6.07 Å². The molecular weight excluding hydrogens is 460 g/mol. The van der Waals surface area contributed by atoms with Crippen LogP contribution in [0.25, 0.3) is 0 Å². The van der Waals surface area contributed by atoms with Gasteiger partial charge in [-0.25, -0.2) is 9.59 Å². The van der Waals surface area contributed by atoms with Crippen molar-refractivity contribution in [2.45, 2.75) is 58.1 Å². The Balaban J connectivity index is 2.58. The molecule has 34 heavy (non-hydrogen) atoms. The number of esters is 4. The van der Waals surface area contributed by atoms with E-state index in [0.29, 0.717) is 0 Å². The summed E-state index contributed by atoms with van der Waals surface area (Å²) in [4.78, 5) is 59.4. The lowest BCUT2D eigenvalue weighted by Gasteiger charge is -2.43. The van der Waals surface area contributed by atoms with Gasteiger partial charge in [0.1, 0.15) is 11.3 Å². The van der Waals surface area contributed by atoms with Crippen molar-refractivity contribution < 1.29 is 62.6 Å². The summed E-state index contributed by atoms with van der Waals surface area (Å²) in [5, 5.41) is 18.8. The third-order valence-electron chi connectivity index (χ3n) is 4.53. The second-order valence-electron chi connectivity index (χ2n) is 7.08. The molecule has 0 amide bonds. The van der Waals surface area contributed by atoms with Crippen molar-refractivity contribution in [1.29, 1.82) is 0 Å². The first-order valence-corrected chi connectivity index (χ1v) is 9.87. The Morgan fingerprint density at radius 3 is 1.97 bits per heavy atom. The van der Waals surface area contributed by atoms with E-state index in [9.17, 15) is 34.2 Å². The van der Waals surface area contributed by atoms with E-state index in [0.717, 1.165) is 33.9 Å². The number of carbonyl (C=O) groups excluding carboxylic acids is 4. The summed E-state index contributed by atoms with van der Waals surface area (Å²) in [7, 11) is 1.03. The number of aromatic carboxylic acids is 1. The van der Waals surface area contributed by atoms with E-state index in [-0.39, 0.29) is 16.9 Å². The molecule has 2 N–H and O–H groups in total. The Kier molecular flexibility index (Phi) is 8.92. The fraction of sp³-hybridized carbons (Fsp3) is 0.476. The maximum absolute atomic E-state index is 12.4.